The van der Waals surface area contributed by atoms with Crippen LogP contribution < -0.4 is 10.6 Å². The van der Waals surface area contributed by atoms with E-state index in [1.54, 1.807) is 30.3 Å². The second-order valence-electron chi connectivity index (χ2n) is 7.10. The van der Waals surface area contributed by atoms with Gasteiger partial charge in [0.05, 0.1) is 11.8 Å². The normalized spacial score (nSPS) is 11.6. The minimum atomic E-state index is -0.382. The van der Waals surface area contributed by atoms with E-state index in [9.17, 15) is 9.59 Å². The van der Waals surface area contributed by atoms with E-state index in [2.05, 4.69) is 27.4 Å². The number of nitrogens with zero attached hydrogens (tertiary/aromatic N) is 3. The number of rotatable bonds is 9. The smallest absolute Gasteiger partial charge is 0.251 e. The van der Waals surface area contributed by atoms with Crippen molar-refractivity contribution >= 4 is 40.9 Å². The number of hydrogen-bond donors (Lipinski definition) is 2. The SMILES string of the molecule is C=CCn1c(SCC(=O)Nc2cc(Cl)ccc2C)nnc1[C@@H](C)NC(=O)c1ccccc1. The second-order valence-corrected chi connectivity index (χ2v) is 8.48. The number of carbonyl (C=O) groups excluding carboxylic acids is 2. The monoisotopic (exact) mass is 469 g/mol. The molecule has 0 radical (unpaired) electrons. The van der Waals surface area contributed by atoms with Crippen LogP contribution in [0.4, 0.5) is 5.69 Å². The fourth-order valence-electron chi connectivity index (χ4n) is 3.01. The lowest BCUT2D eigenvalue weighted by Gasteiger charge is -2.15. The van der Waals surface area contributed by atoms with Gasteiger partial charge in [0.25, 0.3) is 5.91 Å². The molecule has 0 aliphatic rings. The molecule has 166 valence electrons. The van der Waals surface area contributed by atoms with Crippen LogP contribution >= 0.6 is 23.4 Å². The van der Waals surface area contributed by atoms with Crippen LogP contribution in [0.3, 0.4) is 0 Å². The minimum Gasteiger partial charge on any atom is -0.342 e. The molecule has 0 aliphatic heterocycles. The van der Waals surface area contributed by atoms with Crippen molar-refractivity contribution in [2.75, 3.05) is 11.1 Å². The molecule has 2 N–H and O–H groups in total. The molecule has 9 heteroatoms. The molecule has 1 atom stereocenters. The van der Waals surface area contributed by atoms with Crippen LogP contribution in [0.1, 0.15) is 34.7 Å². The van der Waals surface area contributed by atoms with Gasteiger partial charge in [-0.05, 0) is 43.7 Å². The zero-order valence-electron chi connectivity index (χ0n) is 17.8. The third kappa shape index (κ3) is 5.99. The van der Waals surface area contributed by atoms with E-state index in [0.717, 1.165) is 5.56 Å². The molecule has 0 aliphatic carbocycles. The Bertz CT molecular complexity index is 1120. The van der Waals surface area contributed by atoms with Gasteiger partial charge < -0.3 is 15.2 Å². The molecule has 2 aromatic carbocycles. The lowest BCUT2D eigenvalue weighted by atomic mass is 10.2. The van der Waals surface area contributed by atoms with Crippen molar-refractivity contribution in [1.29, 1.82) is 0 Å². The maximum Gasteiger partial charge on any atom is 0.251 e. The van der Waals surface area contributed by atoms with Gasteiger partial charge in [-0.1, -0.05) is 53.7 Å². The van der Waals surface area contributed by atoms with Crippen LogP contribution in [0.25, 0.3) is 0 Å². The number of aryl methyl sites for hydroxylation is 1. The van der Waals surface area contributed by atoms with Crippen molar-refractivity contribution in [2.45, 2.75) is 31.6 Å². The van der Waals surface area contributed by atoms with E-state index in [-0.39, 0.29) is 23.6 Å². The molecule has 0 spiro atoms. The first-order valence-corrected chi connectivity index (χ1v) is 11.3. The fourth-order valence-corrected chi connectivity index (χ4v) is 3.93. The van der Waals surface area contributed by atoms with Crippen LogP contribution in [0, 0.1) is 6.92 Å². The molecule has 1 aromatic heterocycles. The Morgan fingerprint density at radius 3 is 2.69 bits per heavy atom. The Hall–Kier alpha value is -3.10. The molecule has 3 aromatic rings. The Morgan fingerprint density at radius 2 is 1.97 bits per heavy atom. The van der Waals surface area contributed by atoms with E-state index in [1.807, 2.05) is 42.7 Å². The first-order chi connectivity index (χ1) is 15.4. The van der Waals surface area contributed by atoms with Crippen LogP contribution in [-0.2, 0) is 11.3 Å². The molecule has 3 rings (SSSR count). The summed E-state index contributed by atoms with van der Waals surface area (Å²) in [6.07, 6.45) is 1.72. The van der Waals surface area contributed by atoms with Gasteiger partial charge >= 0.3 is 0 Å². The highest BCUT2D eigenvalue weighted by molar-refractivity contribution is 7.99. The summed E-state index contributed by atoms with van der Waals surface area (Å²) >= 11 is 7.28. The molecule has 2 amide bonds. The Morgan fingerprint density at radius 1 is 1.22 bits per heavy atom. The van der Waals surface area contributed by atoms with Crippen LogP contribution in [0.5, 0.6) is 0 Å². The Balaban J connectivity index is 1.67. The van der Waals surface area contributed by atoms with Crippen molar-refractivity contribution in [2.24, 2.45) is 0 Å². The number of anilines is 1. The zero-order valence-corrected chi connectivity index (χ0v) is 19.4. The topological polar surface area (TPSA) is 88.9 Å². The summed E-state index contributed by atoms with van der Waals surface area (Å²) < 4.78 is 1.84. The van der Waals surface area contributed by atoms with Crippen LogP contribution in [0.2, 0.25) is 5.02 Å². The number of amides is 2. The number of nitrogens with one attached hydrogen (secondary N) is 2. The van der Waals surface area contributed by atoms with Gasteiger partial charge in [-0.3, -0.25) is 9.59 Å². The predicted octanol–water partition coefficient (Wildman–Crippen LogP) is 4.65. The van der Waals surface area contributed by atoms with Crippen molar-refractivity contribution in [1.82, 2.24) is 20.1 Å². The number of thioether (sulfide) groups is 1. The number of benzene rings is 2. The first kappa shape index (κ1) is 23.6. The zero-order chi connectivity index (χ0) is 23.1. The fraction of sp³-hybridized carbons (Fsp3) is 0.217. The third-order valence-electron chi connectivity index (χ3n) is 4.63. The maximum absolute atomic E-state index is 12.5. The van der Waals surface area contributed by atoms with Gasteiger partial charge in [0, 0.05) is 22.8 Å². The van der Waals surface area contributed by atoms with Crippen molar-refractivity contribution in [3.8, 4) is 0 Å². The van der Waals surface area contributed by atoms with E-state index in [4.69, 9.17) is 11.6 Å². The van der Waals surface area contributed by atoms with Gasteiger partial charge in [-0.2, -0.15) is 0 Å². The first-order valence-electron chi connectivity index (χ1n) is 9.97. The molecule has 0 bridgehead atoms. The number of carbonyl (C=O) groups is 2. The lowest BCUT2D eigenvalue weighted by Crippen LogP contribution is -2.28. The summed E-state index contributed by atoms with van der Waals surface area (Å²) in [7, 11) is 0. The summed E-state index contributed by atoms with van der Waals surface area (Å²) in [6, 6.07) is 13.9. The van der Waals surface area contributed by atoms with Crippen molar-refractivity contribution < 1.29 is 9.59 Å². The molecule has 0 saturated carbocycles. The highest BCUT2D eigenvalue weighted by Gasteiger charge is 2.20. The minimum absolute atomic E-state index is 0.145. The average Bonchev–Trinajstić information content (AvgIpc) is 3.18. The summed E-state index contributed by atoms with van der Waals surface area (Å²) in [5.74, 6) is 0.353. The van der Waals surface area contributed by atoms with Gasteiger partial charge in [0.2, 0.25) is 5.91 Å². The number of allylic oxidation sites excluding steroid dienone is 1. The van der Waals surface area contributed by atoms with E-state index < -0.39 is 0 Å². The van der Waals surface area contributed by atoms with E-state index >= 15 is 0 Å². The Kier molecular flexibility index (Phi) is 8.08. The molecule has 0 saturated heterocycles. The van der Waals surface area contributed by atoms with Crippen molar-refractivity contribution in [3.63, 3.8) is 0 Å². The predicted molar refractivity (Wildman–Crippen MR) is 128 cm³/mol. The maximum atomic E-state index is 12.5. The largest absolute Gasteiger partial charge is 0.342 e. The highest BCUT2D eigenvalue weighted by atomic mass is 35.5. The number of halogens is 1. The quantitative estimate of drug-likeness (QED) is 0.352. The number of aromatic nitrogens is 3. The summed E-state index contributed by atoms with van der Waals surface area (Å²) in [5.41, 5.74) is 2.16. The lowest BCUT2D eigenvalue weighted by molar-refractivity contribution is -0.113. The molecule has 0 fully saturated rings. The van der Waals surface area contributed by atoms with Gasteiger partial charge in [0.15, 0.2) is 11.0 Å². The average molecular weight is 470 g/mol. The highest BCUT2D eigenvalue weighted by Crippen LogP contribution is 2.23. The summed E-state index contributed by atoms with van der Waals surface area (Å²) in [5, 5.41) is 15.4. The molecular formula is C23H24ClN5O2S. The van der Waals surface area contributed by atoms with Crippen LogP contribution in [0.15, 0.2) is 66.3 Å². The second kappa shape index (κ2) is 11.0. The van der Waals surface area contributed by atoms with Crippen LogP contribution in [-0.4, -0.2) is 32.3 Å². The molecule has 7 nitrogen and oxygen atoms in total. The van der Waals surface area contributed by atoms with Gasteiger partial charge in [-0.25, -0.2) is 0 Å². The third-order valence-corrected chi connectivity index (χ3v) is 5.84. The van der Waals surface area contributed by atoms with Crippen molar-refractivity contribution in [3.05, 3.63) is 83.2 Å². The van der Waals surface area contributed by atoms with E-state index in [1.165, 1.54) is 11.8 Å². The molecule has 32 heavy (non-hydrogen) atoms. The standard InChI is InChI=1S/C23H24ClN5O2S/c1-4-12-29-21(16(3)25-22(31)17-8-6-5-7-9-17)27-28-23(29)32-14-20(30)26-19-13-18(24)11-10-15(19)2/h4-11,13,16H,1,12,14H2,2-3H3,(H,25,31)(H,26,30)/t16-/m1/s1. The molecule has 0 unspecified atom stereocenters. The van der Waals surface area contributed by atoms with Gasteiger partial charge in [0.1, 0.15) is 0 Å². The van der Waals surface area contributed by atoms with E-state index in [0.29, 0.717) is 33.8 Å². The molecular weight excluding hydrogens is 446 g/mol. The van der Waals surface area contributed by atoms with Gasteiger partial charge in [-0.15, -0.1) is 16.8 Å². The molecule has 1 heterocycles. The Labute approximate surface area is 196 Å². The summed E-state index contributed by atoms with van der Waals surface area (Å²) in [6.45, 7) is 7.98. The summed E-state index contributed by atoms with van der Waals surface area (Å²) in [4.78, 5) is 24.9. The number of hydrogen-bond acceptors (Lipinski definition) is 5.